The third-order valence-electron chi connectivity index (χ3n) is 5.76. The van der Waals surface area contributed by atoms with Crippen molar-refractivity contribution in [1.82, 2.24) is 14.9 Å². The first-order valence-corrected chi connectivity index (χ1v) is 11.1. The number of carbonyl (C=O) groups is 2. The molecule has 0 spiro atoms. The first-order valence-electron chi connectivity index (χ1n) is 11.1. The average molecular weight is 433 g/mol. The maximum absolute atomic E-state index is 13.2. The number of nitrogens with zero attached hydrogens (tertiary/aromatic N) is 2. The summed E-state index contributed by atoms with van der Waals surface area (Å²) >= 11 is 0. The lowest BCUT2D eigenvalue weighted by Gasteiger charge is -2.15. The Morgan fingerprint density at radius 2 is 1.88 bits per heavy atom. The van der Waals surface area contributed by atoms with Crippen LogP contribution in [-0.4, -0.2) is 27.4 Å². The number of hydrogen-bond donors (Lipinski definition) is 2. The summed E-state index contributed by atoms with van der Waals surface area (Å²) in [5.74, 6) is -0.345. The third-order valence-corrected chi connectivity index (χ3v) is 5.76. The van der Waals surface area contributed by atoms with Crippen molar-refractivity contribution in [2.75, 3.05) is 5.32 Å². The van der Waals surface area contributed by atoms with E-state index in [1.165, 1.54) is 4.57 Å². The first kappa shape index (κ1) is 21.7. The highest BCUT2D eigenvalue weighted by Crippen LogP contribution is 2.21. The van der Waals surface area contributed by atoms with Gasteiger partial charge in [0.15, 0.2) is 0 Å². The number of carbonyl (C=O) groups excluding carboxylic acids is 2. The molecule has 3 aromatic rings. The monoisotopic (exact) mass is 432 g/mol. The SMILES string of the molecule is CCc1cccc(C)c1NC(=O)Cn1c(=O)c(CCC(=O)NC2CC2)nc2ccccc21. The molecule has 166 valence electrons. The molecule has 0 saturated heterocycles. The summed E-state index contributed by atoms with van der Waals surface area (Å²) in [5.41, 5.74) is 4.01. The molecule has 7 nitrogen and oxygen atoms in total. The summed E-state index contributed by atoms with van der Waals surface area (Å²) < 4.78 is 1.45. The molecular formula is C25H28N4O3. The van der Waals surface area contributed by atoms with E-state index in [1.54, 1.807) is 6.07 Å². The molecule has 1 saturated carbocycles. The van der Waals surface area contributed by atoms with E-state index in [0.29, 0.717) is 16.7 Å². The number of para-hydroxylation sites is 3. The Hall–Kier alpha value is -3.48. The molecule has 1 aromatic heterocycles. The summed E-state index contributed by atoms with van der Waals surface area (Å²) in [6.45, 7) is 3.87. The van der Waals surface area contributed by atoms with Gasteiger partial charge in [-0.05, 0) is 49.4 Å². The highest BCUT2D eigenvalue weighted by molar-refractivity contribution is 5.93. The summed E-state index contributed by atoms with van der Waals surface area (Å²) in [6, 6.07) is 13.4. The molecule has 32 heavy (non-hydrogen) atoms. The molecule has 4 rings (SSSR count). The van der Waals surface area contributed by atoms with Crippen LogP contribution in [0, 0.1) is 6.92 Å². The van der Waals surface area contributed by atoms with Crippen LogP contribution in [0.2, 0.25) is 0 Å². The van der Waals surface area contributed by atoms with Crippen LogP contribution in [0.15, 0.2) is 47.3 Å². The number of benzene rings is 2. The van der Waals surface area contributed by atoms with Gasteiger partial charge in [-0.2, -0.15) is 0 Å². The molecule has 0 aliphatic heterocycles. The molecule has 1 fully saturated rings. The largest absolute Gasteiger partial charge is 0.353 e. The number of aromatic nitrogens is 2. The van der Waals surface area contributed by atoms with E-state index in [4.69, 9.17) is 0 Å². The van der Waals surface area contributed by atoms with Crippen molar-refractivity contribution in [3.05, 3.63) is 69.6 Å². The predicted octanol–water partition coefficient (Wildman–Crippen LogP) is 3.12. The van der Waals surface area contributed by atoms with Crippen molar-refractivity contribution >= 4 is 28.5 Å². The molecule has 0 radical (unpaired) electrons. The normalized spacial score (nSPS) is 13.2. The van der Waals surface area contributed by atoms with Gasteiger partial charge in [-0.25, -0.2) is 4.98 Å². The number of aryl methyl sites for hydroxylation is 3. The van der Waals surface area contributed by atoms with E-state index in [-0.39, 0.29) is 42.8 Å². The maximum atomic E-state index is 13.2. The van der Waals surface area contributed by atoms with Crippen LogP contribution in [0.4, 0.5) is 5.69 Å². The van der Waals surface area contributed by atoms with Gasteiger partial charge < -0.3 is 10.6 Å². The zero-order chi connectivity index (χ0) is 22.7. The van der Waals surface area contributed by atoms with Crippen molar-refractivity contribution in [3.8, 4) is 0 Å². The lowest BCUT2D eigenvalue weighted by molar-refractivity contribution is -0.121. The van der Waals surface area contributed by atoms with Crippen molar-refractivity contribution in [1.29, 1.82) is 0 Å². The van der Waals surface area contributed by atoms with Crippen LogP contribution in [0.5, 0.6) is 0 Å². The fourth-order valence-corrected chi connectivity index (χ4v) is 3.85. The summed E-state index contributed by atoms with van der Waals surface area (Å²) in [7, 11) is 0. The van der Waals surface area contributed by atoms with Gasteiger partial charge in [-0.15, -0.1) is 0 Å². The minimum atomic E-state index is -0.335. The highest BCUT2D eigenvalue weighted by Gasteiger charge is 2.23. The number of anilines is 1. The quantitative estimate of drug-likeness (QED) is 0.572. The van der Waals surface area contributed by atoms with E-state index in [1.807, 2.05) is 50.2 Å². The molecule has 1 aliphatic carbocycles. The molecule has 2 N–H and O–H groups in total. The second-order valence-corrected chi connectivity index (χ2v) is 8.29. The van der Waals surface area contributed by atoms with Gasteiger partial charge in [0.1, 0.15) is 12.2 Å². The number of amides is 2. The lowest BCUT2D eigenvalue weighted by atomic mass is 10.1. The van der Waals surface area contributed by atoms with Crippen LogP contribution in [-0.2, 0) is 29.0 Å². The molecule has 1 aliphatic rings. The molecule has 0 atom stereocenters. The predicted molar refractivity (Wildman–Crippen MR) is 125 cm³/mol. The Labute approximate surface area is 186 Å². The lowest BCUT2D eigenvalue weighted by Crippen LogP contribution is -2.32. The smallest absolute Gasteiger partial charge is 0.273 e. The van der Waals surface area contributed by atoms with Crippen molar-refractivity contribution in [2.24, 2.45) is 0 Å². The van der Waals surface area contributed by atoms with E-state index >= 15 is 0 Å². The summed E-state index contributed by atoms with van der Waals surface area (Å²) in [5, 5.41) is 5.92. The second-order valence-electron chi connectivity index (χ2n) is 8.29. The standard InChI is InChI=1S/C25H28N4O3/c1-3-17-8-6-7-16(2)24(17)28-23(31)15-29-21-10-5-4-9-19(21)27-20(25(29)32)13-14-22(30)26-18-11-12-18/h4-10,18H,3,11-15H2,1-2H3,(H,26,30)(H,28,31). The summed E-state index contributed by atoms with van der Waals surface area (Å²) in [4.78, 5) is 42.7. The van der Waals surface area contributed by atoms with Gasteiger partial charge in [0, 0.05) is 24.6 Å². The third kappa shape index (κ3) is 4.88. The minimum Gasteiger partial charge on any atom is -0.353 e. The Bertz CT molecular complexity index is 1230. The molecule has 0 bridgehead atoms. The van der Waals surface area contributed by atoms with Crippen LogP contribution in [0.3, 0.4) is 0 Å². The zero-order valence-corrected chi connectivity index (χ0v) is 18.5. The van der Waals surface area contributed by atoms with E-state index in [0.717, 1.165) is 36.1 Å². The highest BCUT2D eigenvalue weighted by atomic mass is 16.2. The fraction of sp³-hybridized carbons (Fsp3) is 0.360. The van der Waals surface area contributed by atoms with Gasteiger partial charge >= 0.3 is 0 Å². The molecular weight excluding hydrogens is 404 g/mol. The molecule has 1 heterocycles. The second kappa shape index (κ2) is 9.34. The van der Waals surface area contributed by atoms with Gasteiger partial charge in [0.2, 0.25) is 11.8 Å². The van der Waals surface area contributed by atoms with Crippen LogP contribution in [0.25, 0.3) is 11.0 Å². The molecule has 7 heteroatoms. The Kier molecular flexibility index (Phi) is 6.35. The van der Waals surface area contributed by atoms with E-state index in [2.05, 4.69) is 15.6 Å². The molecule has 2 aromatic carbocycles. The number of fused-ring (bicyclic) bond motifs is 1. The van der Waals surface area contributed by atoms with Crippen LogP contribution >= 0.6 is 0 Å². The number of hydrogen-bond acceptors (Lipinski definition) is 4. The Morgan fingerprint density at radius 1 is 1.09 bits per heavy atom. The van der Waals surface area contributed by atoms with Crippen molar-refractivity contribution in [3.63, 3.8) is 0 Å². The minimum absolute atomic E-state index is 0.0715. The van der Waals surface area contributed by atoms with Crippen molar-refractivity contribution in [2.45, 2.75) is 58.5 Å². The Morgan fingerprint density at radius 3 is 2.62 bits per heavy atom. The number of nitrogens with one attached hydrogen (secondary N) is 2. The van der Waals surface area contributed by atoms with E-state index < -0.39 is 0 Å². The van der Waals surface area contributed by atoms with Gasteiger partial charge in [-0.3, -0.25) is 19.0 Å². The van der Waals surface area contributed by atoms with Gasteiger partial charge in [0.05, 0.1) is 11.0 Å². The fourth-order valence-electron chi connectivity index (χ4n) is 3.85. The molecule has 0 unspecified atom stereocenters. The number of rotatable bonds is 8. The maximum Gasteiger partial charge on any atom is 0.273 e. The van der Waals surface area contributed by atoms with Gasteiger partial charge in [0.25, 0.3) is 5.56 Å². The summed E-state index contributed by atoms with van der Waals surface area (Å²) in [6.07, 6.45) is 3.27. The molecule has 2 amide bonds. The first-order chi connectivity index (χ1) is 15.5. The zero-order valence-electron chi connectivity index (χ0n) is 18.5. The van der Waals surface area contributed by atoms with Gasteiger partial charge in [-0.1, -0.05) is 37.3 Å². The van der Waals surface area contributed by atoms with Crippen LogP contribution in [0.1, 0.15) is 43.0 Å². The van der Waals surface area contributed by atoms with Crippen molar-refractivity contribution < 1.29 is 9.59 Å². The topological polar surface area (TPSA) is 93.1 Å². The van der Waals surface area contributed by atoms with E-state index in [9.17, 15) is 14.4 Å². The Balaban J connectivity index is 1.59. The average Bonchev–Trinajstić information content (AvgIpc) is 3.60. The van der Waals surface area contributed by atoms with Crippen LogP contribution < -0.4 is 16.2 Å².